The van der Waals surface area contributed by atoms with Crippen LogP contribution in [0.15, 0.2) is 41.2 Å². The minimum Gasteiger partial charge on any atom is -0.507 e. The number of amides is 1. The van der Waals surface area contributed by atoms with Crippen LogP contribution in [0.1, 0.15) is 72.8 Å². The van der Waals surface area contributed by atoms with Crippen molar-refractivity contribution in [1.82, 2.24) is 9.91 Å². The SMILES string of the molecule is COC1C#CC(O)=c2c(O)c3c(/C=N/N4CCN(C5CCCC5)CC4)c(O)c2=C1CO/C=C/[C@H](OC)[C@@H](C)[C@@H](OC(C)=O)[C@H](C)[C@H](O)[C@H](C)[C@@H](O)[C@@H](C)/C=C/C=C(/C)C(=O)N3. The summed E-state index contributed by atoms with van der Waals surface area (Å²) >= 11 is 0. The molecule has 9 atom stereocenters. The van der Waals surface area contributed by atoms with Crippen molar-refractivity contribution < 1.29 is 54.1 Å². The molecular formula is C46H64N4O11. The third-order valence-corrected chi connectivity index (χ3v) is 12.6. The van der Waals surface area contributed by atoms with Crippen molar-refractivity contribution in [3.63, 3.8) is 0 Å². The first-order valence-corrected chi connectivity index (χ1v) is 21.2. The molecule has 0 spiro atoms. The van der Waals surface area contributed by atoms with Gasteiger partial charge in [-0.2, -0.15) is 5.10 Å². The summed E-state index contributed by atoms with van der Waals surface area (Å²) in [5, 5.41) is 67.5. The van der Waals surface area contributed by atoms with Gasteiger partial charge in [0.15, 0.2) is 11.5 Å². The molecule has 5 aliphatic rings. The number of hydrogen-bond donors (Lipinski definition) is 6. The summed E-state index contributed by atoms with van der Waals surface area (Å²) in [4.78, 5) is 28.7. The maximum atomic E-state index is 13.8. The summed E-state index contributed by atoms with van der Waals surface area (Å²) in [6.07, 6.45) is 9.44. The average molecular weight is 849 g/mol. The molecule has 0 aromatic heterocycles. The zero-order chi connectivity index (χ0) is 44.5. The number of aromatic hydroxyl groups is 2. The van der Waals surface area contributed by atoms with E-state index in [1.807, 2.05) is 11.9 Å². The van der Waals surface area contributed by atoms with Crippen LogP contribution in [0, 0.1) is 35.5 Å². The Kier molecular flexibility index (Phi) is 16.5. The van der Waals surface area contributed by atoms with Crippen LogP contribution in [0.2, 0.25) is 0 Å². The molecule has 3 aliphatic heterocycles. The highest BCUT2D eigenvalue weighted by Gasteiger charge is 2.39. The number of aliphatic hydroxyl groups is 3. The van der Waals surface area contributed by atoms with Gasteiger partial charge in [0.25, 0.3) is 5.91 Å². The molecule has 61 heavy (non-hydrogen) atoms. The molecule has 1 aromatic carbocycles. The van der Waals surface area contributed by atoms with Crippen LogP contribution in [0.25, 0.3) is 11.3 Å². The summed E-state index contributed by atoms with van der Waals surface area (Å²) in [6.45, 7) is 12.6. The Morgan fingerprint density at radius 1 is 0.934 bits per heavy atom. The number of allylic oxidation sites excluding steroid dienone is 2. The standard InChI is InChI=1S/C46H64N4O11/c1-26-12-11-13-27(2)46(57)48-40-33(24-47-50-21-19-49(20-22-50)32-14-9-10-15-32)43(55)38-34(37(59-8)17-16-35(52)39(38)44(40)56)25-60-23-18-36(58-7)28(3)45(61-31(6)51)30(5)42(54)29(4)41(26)53/h11-13,18,23-24,26,28-30,32,36-37,41-42,45,52-56H,9-10,14-15,19-22,25H2,1-8H3,(H,48,57)/b12-11+,23-18+,27-13-,47-24+/t26-,28+,29+,30+,36-,37?,41-,42+,45+/m0/s1. The molecule has 1 amide bonds. The number of hydrazone groups is 1. The van der Waals surface area contributed by atoms with Gasteiger partial charge in [-0.15, -0.1) is 0 Å². The molecule has 334 valence electrons. The average Bonchev–Trinajstić information content (AvgIpc) is 3.75. The molecule has 1 saturated heterocycles. The van der Waals surface area contributed by atoms with Gasteiger partial charge < -0.3 is 49.8 Å². The lowest BCUT2D eigenvalue weighted by atomic mass is 9.78. The van der Waals surface area contributed by atoms with E-state index in [9.17, 15) is 35.1 Å². The number of esters is 1. The van der Waals surface area contributed by atoms with Gasteiger partial charge in [-0.05, 0) is 31.8 Å². The van der Waals surface area contributed by atoms with Crippen LogP contribution in [-0.2, 0) is 28.5 Å². The lowest BCUT2D eigenvalue weighted by molar-refractivity contribution is -0.160. The van der Waals surface area contributed by atoms with E-state index in [0.717, 1.165) is 13.1 Å². The molecule has 15 heteroatoms. The second-order valence-electron chi connectivity index (χ2n) is 16.7. The highest BCUT2D eigenvalue weighted by Crippen LogP contribution is 2.33. The molecule has 0 radical (unpaired) electrons. The van der Waals surface area contributed by atoms with Gasteiger partial charge in [-0.25, -0.2) is 0 Å². The molecule has 2 fully saturated rings. The number of anilines is 1. The number of nitrogens with zero attached hydrogens (tertiary/aromatic N) is 3. The molecule has 3 heterocycles. The molecular weight excluding hydrogens is 785 g/mol. The van der Waals surface area contributed by atoms with E-state index < -0.39 is 83.3 Å². The Hall–Kier alpha value is -4.85. The number of fused-ring (bicyclic) bond motifs is 15. The maximum Gasteiger partial charge on any atom is 0.302 e. The van der Waals surface area contributed by atoms with Gasteiger partial charge in [-0.3, -0.25) is 19.5 Å². The van der Waals surface area contributed by atoms with Crippen molar-refractivity contribution in [2.45, 2.75) is 104 Å². The van der Waals surface area contributed by atoms with Gasteiger partial charge in [0.2, 0.25) is 0 Å². The monoisotopic (exact) mass is 848 g/mol. The number of aliphatic hydroxyl groups excluding tert-OH is 3. The maximum absolute atomic E-state index is 13.8. The predicted molar refractivity (Wildman–Crippen MR) is 232 cm³/mol. The Labute approximate surface area is 358 Å². The van der Waals surface area contributed by atoms with Crippen molar-refractivity contribution >= 4 is 35.1 Å². The largest absolute Gasteiger partial charge is 0.507 e. The Morgan fingerprint density at radius 3 is 2.26 bits per heavy atom. The van der Waals surface area contributed by atoms with Crippen LogP contribution in [0.4, 0.5) is 5.69 Å². The number of carbonyl (C=O) groups excluding carboxylic acids is 2. The fourth-order valence-electron chi connectivity index (χ4n) is 8.84. The van der Waals surface area contributed by atoms with Crippen LogP contribution in [0.3, 0.4) is 0 Å². The first-order chi connectivity index (χ1) is 29.1. The summed E-state index contributed by atoms with van der Waals surface area (Å²) < 4.78 is 23.3. The number of rotatable bonds is 6. The molecule has 6 N–H and O–H groups in total. The van der Waals surface area contributed by atoms with Gasteiger partial charge in [0.05, 0.1) is 47.3 Å². The van der Waals surface area contributed by atoms with Crippen LogP contribution in [0.5, 0.6) is 11.5 Å². The van der Waals surface area contributed by atoms with Gasteiger partial charge >= 0.3 is 5.97 Å². The number of carbonyl (C=O) groups is 2. The number of phenols is 2. The fraction of sp³-hybridized carbons (Fsp3) is 0.587. The summed E-state index contributed by atoms with van der Waals surface area (Å²) in [5.74, 6) is 0.436. The lowest BCUT2D eigenvalue weighted by Crippen LogP contribution is -2.47. The van der Waals surface area contributed by atoms with Crippen LogP contribution < -0.4 is 15.8 Å². The Bertz CT molecular complexity index is 2060. The second kappa shape index (κ2) is 21.3. The Morgan fingerprint density at radius 2 is 1.62 bits per heavy atom. The minimum atomic E-state index is -1.09. The predicted octanol–water partition coefficient (Wildman–Crippen LogP) is 3.04. The van der Waals surface area contributed by atoms with E-state index in [2.05, 4.69) is 22.1 Å². The molecule has 1 aromatic rings. The van der Waals surface area contributed by atoms with Crippen molar-refractivity contribution in [3.05, 3.63) is 52.1 Å². The third kappa shape index (κ3) is 11.0. The summed E-state index contributed by atoms with van der Waals surface area (Å²) in [7, 11) is 2.90. The number of ether oxygens (including phenoxy) is 4. The van der Waals surface area contributed by atoms with E-state index in [1.165, 1.54) is 65.4 Å². The van der Waals surface area contributed by atoms with E-state index in [0.29, 0.717) is 19.1 Å². The van der Waals surface area contributed by atoms with E-state index in [4.69, 9.17) is 24.0 Å². The second-order valence-corrected chi connectivity index (χ2v) is 16.7. The third-order valence-electron chi connectivity index (χ3n) is 12.6. The number of benzene rings is 1. The van der Waals surface area contributed by atoms with Gasteiger partial charge in [0, 0.05) is 93.4 Å². The molecule has 2 aliphatic carbocycles. The van der Waals surface area contributed by atoms with Crippen molar-refractivity contribution in [3.8, 4) is 23.3 Å². The number of piperazine rings is 1. The number of nitrogens with one attached hydrogen (secondary N) is 1. The van der Waals surface area contributed by atoms with Crippen LogP contribution >= 0.6 is 0 Å². The molecule has 15 nitrogen and oxygen atoms in total. The quantitative estimate of drug-likeness (QED) is 0.0803. The topological polar surface area (TPSA) is 203 Å². The fourth-order valence-corrected chi connectivity index (χ4v) is 8.84. The molecule has 6 rings (SSSR count). The highest BCUT2D eigenvalue weighted by atomic mass is 16.5. The molecule has 1 saturated carbocycles. The zero-order valence-electron chi connectivity index (χ0n) is 36.6. The number of phenolic OH excluding ortho intramolecular Hbond substituents is 2. The number of hydrogen-bond acceptors (Lipinski definition) is 14. The van der Waals surface area contributed by atoms with Crippen molar-refractivity contribution in [2.75, 3.05) is 52.3 Å². The number of methoxy groups -OCH3 is 2. The summed E-state index contributed by atoms with van der Waals surface area (Å²) in [6, 6.07) is 0.576. The van der Waals surface area contributed by atoms with Crippen LogP contribution in [-0.4, -0.2) is 137 Å². The van der Waals surface area contributed by atoms with E-state index in [1.54, 1.807) is 45.9 Å². The lowest BCUT2D eigenvalue weighted by Gasteiger charge is -2.38. The van der Waals surface area contributed by atoms with E-state index >= 15 is 0 Å². The first kappa shape index (κ1) is 47.2. The van der Waals surface area contributed by atoms with Gasteiger partial charge in [-0.1, -0.05) is 64.7 Å². The highest BCUT2D eigenvalue weighted by molar-refractivity contribution is 6.08. The van der Waals surface area contributed by atoms with Crippen molar-refractivity contribution in [1.29, 1.82) is 0 Å². The normalized spacial score (nSPS) is 32.0. The molecule has 1 unspecified atom stereocenters. The molecule has 4 bridgehead atoms. The van der Waals surface area contributed by atoms with Crippen molar-refractivity contribution in [2.24, 2.45) is 28.8 Å². The smallest absolute Gasteiger partial charge is 0.302 e. The van der Waals surface area contributed by atoms with E-state index in [-0.39, 0.29) is 39.4 Å². The Balaban J connectivity index is 1.65. The zero-order valence-corrected chi connectivity index (χ0v) is 36.6. The first-order valence-electron chi connectivity index (χ1n) is 21.2. The summed E-state index contributed by atoms with van der Waals surface area (Å²) in [5.41, 5.74) is 0.241. The van der Waals surface area contributed by atoms with Gasteiger partial charge in [0.1, 0.15) is 24.6 Å². The minimum absolute atomic E-state index is 0.0228.